The molecule has 2 saturated heterocycles. The van der Waals surface area contributed by atoms with Gasteiger partial charge in [-0.05, 0) is 55.3 Å². The number of amides is 3. The smallest absolute Gasteiger partial charge is 0.287 e. The highest BCUT2D eigenvalue weighted by Crippen LogP contribution is 2.25. The number of nitrogens with one attached hydrogen (secondary N) is 1. The normalized spacial score (nSPS) is 14.6. The number of benzene rings is 3. The maximum absolute atomic E-state index is 12.8. The fourth-order valence-corrected chi connectivity index (χ4v) is 5.77. The molecule has 4 aromatic rings. The maximum atomic E-state index is 12.8. The Hall–Kier alpha value is -4.83. The molecule has 2 fully saturated rings. The van der Waals surface area contributed by atoms with Crippen LogP contribution in [-0.4, -0.2) is 80.9 Å². The van der Waals surface area contributed by atoms with Crippen molar-refractivity contribution in [2.75, 3.05) is 63.2 Å². The van der Waals surface area contributed by atoms with Crippen molar-refractivity contribution < 1.29 is 18.8 Å². The average Bonchev–Trinajstić information content (AvgIpc) is 3.48. The van der Waals surface area contributed by atoms with Crippen molar-refractivity contribution in [3.8, 4) is 0 Å². The van der Waals surface area contributed by atoms with Crippen LogP contribution in [0.15, 0.2) is 82.0 Å². The lowest BCUT2D eigenvalue weighted by molar-refractivity contribution is -0.130. The molecule has 0 aliphatic carbocycles. The summed E-state index contributed by atoms with van der Waals surface area (Å²) in [6.07, 6.45) is 1.52. The lowest BCUT2D eigenvalue weighted by Gasteiger charge is -2.37. The van der Waals surface area contributed by atoms with E-state index in [1.807, 2.05) is 67.2 Å². The van der Waals surface area contributed by atoms with Gasteiger partial charge in [-0.2, -0.15) is 0 Å². The zero-order chi connectivity index (χ0) is 33.5. The van der Waals surface area contributed by atoms with E-state index in [1.54, 1.807) is 23.1 Å². The summed E-state index contributed by atoms with van der Waals surface area (Å²) in [4.78, 5) is 58.0. The van der Waals surface area contributed by atoms with Crippen LogP contribution in [0.5, 0.6) is 0 Å². The monoisotopic (exact) mass is 657 g/mol. The Kier molecular flexibility index (Phi) is 10.8. The minimum absolute atomic E-state index is 0.129. The summed E-state index contributed by atoms with van der Waals surface area (Å²) in [7, 11) is 3.75. The lowest BCUT2D eigenvalue weighted by atomic mass is 10.1. The van der Waals surface area contributed by atoms with Gasteiger partial charge in [0, 0.05) is 82.2 Å². The first-order chi connectivity index (χ1) is 22.6. The van der Waals surface area contributed by atoms with Crippen LogP contribution in [0, 0.1) is 6.92 Å². The third-order valence-electron chi connectivity index (χ3n) is 8.36. The van der Waals surface area contributed by atoms with Gasteiger partial charge in [0.1, 0.15) is 5.58 Å². The molecule has 47 heavy (non-hydrogen) atoms. The fraction of sp³-hybridized carbons (Fsp3) is 0.333. The molecule has 0 saturated carbocycles. The summed E-state index contributed by atoms with van der Waals surface area (Å²) >= 11 is 5.61. The van der Waals surface area contributed by atoms with Gasteiger partial charge in [-0.3, -0.25) is 19.2 Å². The number of nitrogens with zero attached hydrogens (tertiary/aromatic N) is 4. The van der Waals surface area contributed by atoms with Gasteiger partial charge >= 0.3 is 0 Å². The van der Waals surface area contributed by atoms with Crippen LogP contribution in [0.4, 0.5) is 11.4 Å². The summed E-state index contributed by atoms with van der Waals surface area (Å²) in [6, 6.07) is 22.2. The van der Waals surface area contributed by atoms with Crippen LogP contribution in [-0.2, 0) is 16.1 Å². The number of anilines is 2. The summed E-state index contributed by atoms with van der Waals surface area (Å²) in [5.74, 6) is -0.736. The number of hydrogen-bond acceptors (Lipinski definition) is 7. The second-order valence-electron chi connectivity index (χ2n) is 11.9. The zero-order valence-corrected chi connectivity index (χ0v) is 27.8. The number of halogens is 1. The fourth-order valence-electron chi connectivity index (χ4n) is 5.65. The van der Waals surface area contributed by atoms with Crippen molar-refractivity contribution >= 4 is 51.7 Å². The van der Waals surface area contributed by atoms with Crippen LogP contribution in [0.1, 0.15) is 34.5 Å². The van der Waals surface area contributed by atoms with Crippen LogP contribution >= 0.6 is 11.6 Å². The Labute approximate surface area is 279 Å². The number of rotatable bonds is 7. The first-order valence-electron chi connectivity index (χ1n) is 15.7. The van der Waals surface area contributed by atoms with Crippen molar-refractivity contribution in [1.82, 2.24) is 15.1 Å². The van der Waals surface area contributed by atoms with Gasteiger partial charge in [0.25, 0.3) is 5.91 Å². The van der Waals surface area contributed by atoms with Gasteiger partial charge in [0.05, 0.1) is 11.9 Å². The zero-order valence-electron chi connectivity index (χ0n) is 27.0. The first-order valence-corrected chi connectivity index (χ1v) is 16.1. The number of carbonyl (C=O) groups is 3. The topological polar surface area (TPSA) is 106 Å². The molecule has 0 unspecified atom stereocenters. The van der Waals surface area contributed by atoms with Crippen LogP contribution in [0.2, 0.25) is 5.02 Å². The van der Waals surface area contributed by atoms with E-state index >= 15 is 0 Å². The summed E-state index contributed by atoms with van der Waals surface area (Å²) < 4.78 is 5.66. The number of para-hydroxylation sites is 1. The Morgan fingerprint density at radius 1 is 0.915 bits per heavy atom. The molecule has 2 aliphatic rings. The minimum Gasteiger partial charge on any atom is -0.451 e. The quantitative estimate of drug-likeness (QED) is 0.307. The third kappa shape index (κ3) is 8.51. The third-order valence-corrected chi connectivity index (χ3v) is 8.61. The molecule has 0 bridgehead atoms. The minimum atomic E-state index is -0.608. The van der Waals surface area contributed by atoms with E-state index in [2.05, 4.69) is 22.3 Å². The van der Waals surface area contributed by atoms with Crippen LogP contribution in [0.3, 0.4) is 0 Å². The van der Waals surface area contributed by atoms with E-state index in [0.717, 1.165) is 41.0 Å². The maximum Gasteiger partial charge on any atom is 0.287 e. The molecule has 0 spiro atoms. The predicted molar refractivity (Wildman–Crippen MR) is 185 cm³/mol. The summed E-state index contributed by atoms with van der Waals surface area (Å²) in [6.45, 7) is 5.58. The standard InChI is InChI=1S/C29H33N5O5.C7H7Cl/c1-31(2)21-9-10-25-22(16-21)24(35)17-26(39-25)29(38)30-18-28(37)33-14-12-32(13-15-33)23-7-4-3-6-20(23)19-34-11-5-8-27(34)36;1-6-2-4-7(8)5-3-6/h3-4,6-7,9-10,16-17H,5,8,11-15,18-19H2,1-2H3,(H,30,38);2-5H,1H3. The first kappa shape index (κ1) is 33.5. The SMILES string of the molecule is CN(C)c1ccc2oc(C(=O)NCC(=O)N3CCN(c4ccccc4CN4CCCC4=O)CC3)cc(=O)c2c1.Cc1ccc(Cl)cc1. The molecule has 1 N–H and O–H groups in total. The second kappa shape index (κ2) is 15.2. The number of hydrogen-bond donors (Lipinski definition) is 1. The molecule has 1 aromatic heterocycles. The Bertz CT molecular complexity index is 1780. The summed E-state index contributed by atoms with van der Waals surface area (Å²) in [5, 5.41) is 3.78. The lowest BCUT2D eigenvalue weighted by Crippen LogP contribution is -2.51. The molecule has 10 nitrogen and oxygen atoms in total. The van der Waals surface area contributed by atoms with Gasteiger partial charge in [-0.1, -0.05) is 47.5 Å². The number of likely N-dealkylation sites (tertiary alicyclic amines) is 1. The number of carbonyl (C=O) groups excluding carboxylic acids is 3. The van der Waals surface area contributed by atoms with E-state index in [9.17, 15) is 19.2 Å². The Morgan fingerprint density at radius 3 is 2.30 bits per heavy atom. The van der Waals surface area contributed by atoms with Crippen LogP contribution in [0.25, 0.3) is 11.0 Å². The van der Waals surface area contributed by atoms with E-state index < -0.39 is 5.91 Å². The molecule has 2 aliphatic heterocycles. The van der Waals surface area contributed by atoms with Crippen molar-refractivity contribution in [2.24, 2.45) is 0 Å². The molecule has 3 aromatic carbocycles. The van der Waals surface area contributed by atoms with E-state index in [-0.39, 0.29) is 29.5 Å². The van der Waals surface area contributed by atoms with E-state index in [0.29, 0.717) is 50.1 Å². The van der Waals surface area contributed by atoms with Crippen molar-refractivity contribution in [2.45, 2.75) is 26.3 Å². The average molecular weight is 658 g/mol. The molecule has 246 valence electrons. The number of aryl methyl sites for hydroxylation is 1. The van der Waals surface area contributed by atoms with Gasteiger partial charge in [-0.15, -0.1) is 0 Å². The molecular weight excluding hydrogens is 618 g/mol. The molecule has 6 rings (SSSR count). The molecule has 3 amide bonds. The largest absolute Gasteiger partial charge is 0.451 e. The highest BCUT2D eigenvalue weighted by Gasteiger charge is 2.25. The molecule has 0 radical (unpaired) electrons. The predicted octanol–water partition coefficient (Wildman–Crippen LogP) is 4.71. The van der Waals surface area contributed by atoms with E-state index in [1.165, 1.54) is 5.56 Å². The van der Waals surface area contributed by atoms with E-state index in [4.69, 9.17) is 16.0 Å². The van der Waals surface area contributed by atoms with Gasteiger partial charge < -0.3 is 29.3 Å². The van der Waals surface area contributed by atoms with Crippen molar-refractivity contribution in [3.05, 3.63) is 105 Å². The summed E-state index contributed by atoms with van der Waals surface area (Å²) in [5.41, 5.74) is 4.28. The van der Waals surface area contributed by atoms with Gasteiger partial charge in [0.2, 0.25) is 11.8 Å². The van der Waals surface area contributed by atoms with Gasteiger partial charge in [0.15, 0.2) is 11.2 Å². The second-order valence-corrected chi connectivity index (χ2v) is 12.4. The van der Waals surface area contributed by atoms with Crippen LogP contribution < -0.4 is 20.5 Å². The number of piperazine rings is 1. The molecule has 11 heteroatoms. The Morgan fingerprint density at radius 2 is 1.64 bits per heavy atom. The number of fused-ring (bicyclic) bond motifs is 1. The van der Waals surface area contributed by atoms with Crippen molar-refractivity contribution in [3.63, 3.8) is 0 Å². The van der Waals surface area contributed by atoms with Gasteiger partial charge in [-0.25, -0.2) is 0 Å². The van der Waals surface area contributed by atoms with Crippen molar-refractivity contribution in [1.29, 1.82) is 0 Å². The Balaban J connectivity index is 0.000000474. The molecule has 0 atom stereocenters. The molecule has 3 heterocycles. The highest BCUT2D eigenvalue weighted by molar-refractivity contribution is 6.30. The molecular formula is C36H40ClN5O5. The highest BCUT2D eigenvalue weighted by atomic mass is 35.5.